The molecular weight excluding hydrogens is 170 g/mol. The molecule has 1 aromatic rings. The van der Waals surface area contributed by atoms with Gasteiger partial charge in [-0.2, -0.15) is 0 Å². The fourth-order valence-corrected chi connectivity index (χ4v) is 2.03. The maximum absolute atomic E-state index is 4.14. The Balaban J connectivity index is 2.72. The smallest absolute Gasteiger partial charge is 0.134 e. The number of hydrogen-bond acceptors (Lipinski definition) is 4. The minimum atomic E-state index is 0.378. The van der Waals surface area contributed by atoms with Crippen LogP contribution in [0.4, 0.5) is 0 Å². The van der Waals surface area contributed by atoms with Gasteiger partial charge in [0, 0.05) is 0 Å². The Bertz CT molecular complexity index is 230. The third-order valence-corrected chi connectivity index (χ3v) is 3.02. The van der Waals surface area contributed by atoms with Gasteiger partial charge in [0.05, 0.1) is 6.04 Å². The normalized spacial score (nSPS) is 13.2. The topological polar surface area (TPSA) is 37.8 Å². The van der Waals surface area contributed by atoms with E-state index in [1.165, 1.54) is 0 Å². The molecule has 1 atom stereocenters. The predicted molar refractivity (Wildman–Crippen MR) is 51.4 cm³/mol. The van der Waals surface area contributed by atoms with Gasteiger partial charge in [-0.25, -0.2) is 0 Å². The zero-order chi connectivity index (χ0) is 8.97. The van der Waals surface area contributed by atoms with Crippen LogP contribution in [-0.4, -0.2) is 17.2 Å². The number of nitrogens with one attached hydrogen (secondary N) is 1. The van der Waals surface area contributed by atoms with Crippen LogP contribution < -0.4 is 5.32 Å². The van der Waals surface area contributed by atoms with E-state index >= 15 is 0 Å². The van der Waals surface area contributed by atoms with E-state index in [1.54, 1.807) is 11.3 Å². The van der Waals surface area contributed by atoms with Crippen molar-refractivity contribution < 1.29 is 0 Å². The monoisotopic (exact) mass is 185 g/mol. The molecule has 0 bridgehead atoms. The SMILES string of the molecule is CCc1nnc(C(CC)NC)s1. The van der Waals surface area contributed by atoms with Crippen LogP contribution in [0.5, 0.6) is 0 Å². The molecule has 0 aliphatic carbocycles. The van der Waals surface area contributed by atoms with Crippen molar-refractivity contribution in [2.24, 2.45) is 0 Å². The Morgan fingerprint density at radius 2 is 2.17 bits per heavy atom. The highest BCUT2D eigenvalue weighted by Crippen LogP contribution is 2.20. The molecule has 0 saturated carbocycles. The number of rotatable bonds is 4. The van der Waals surface area contributed by atoms with Crippen molar-refractivity contribution in [2.45, 2.75) is 32.7 Å². The van der Waals surface area contributed by atoms with E-state index in [0.29, 0.717) is 6.04 Å². The summed E-state index contributed by atoms with van der Waals surface area (Å²) in [5.74, 6) is 0. The Hall–Kier alpha value is -0.480. The minimum absolute atomic E-state index is 0.378. The molecule has 1 rings (SSSR count). The molecule has 1 N–H and O–H groups in total. The Morgan fingerprint density at radius 3 is 2.58 bits per heavy atom. The molecule has 3 nitrogen and oxygen atoms in total. The number of hydrogen-bond donors (Lipinski definition) is 1. The molecule has 1 aromatic heterocycles. The molecule has 0 saturated heterocycles. The van der Waals surface area contributed by atoms with Crippen molar-refractivity contribution in [2.75, 3.05) is 7.05 Å². The predicted octanol–water partition coefficient (Wildman–Crippen LogP) is 1.77. The average Bonchev–Trinajstić information content (AvgIpc) is 2.55. The summed E-state index contributed by atoms with van der Waals surface area (Å²) in [6, 6.07) is 0.378. The van der Waals surface area contributed by atoms with Crippen molar-refractivity contribution in [3.8, 4) is 0 Å². The molecule has 0 aromatic carbocycles. The highest BCUT2D eigenvalue weighted by atomic mass is 32.1. The van der Waals surface area contributed by atoms with Gasteiger partial charge >= 0.3 is 0 Å². The summed E-state index contributed by atoms with van der Waals surface area (Å²) < 4.78 is 0. The van der Waals surface area contributed by atoms with Crippen LogP contribution in [0.15, 0.2) is 0 Å². The molecule has 0 radical (unpaired) electrons. The van der Waals surface area contributed by atoms with Crippen LogP contribution >= 0.6 is 11.3 Å². The van der Waals surface area contributed by atoms with Gasteiger partial charge in [0.2, 0.25) is 0 Å². The first-order chi connectivity index (χ1) is 5.81. The summed E-state index contributed by atoms with van der Waals surface area (Å²) in [6.45, 7) is 4.25. The minimum Gasteiger partial charge on any atom is -0.311 e. The third kappa shape index (κ3) is 2.01. The highest BCUT2D eigenvalue weighted by Gasteiger charge is 2.11. The first-order valence-electron chi connectivity index (χ1n) is 4.31. The summed E-state index contributed by atoms with van der Waals surface area (Å²) in [6.07, 6.45) is 2.05. The zero-order valence-electron chi connectivity index (χ0n) is 7.79. The van der Waals surface area contributed by atoms with E-state index in [1.807, 2.05) is 7.05 Å². The second kappa shape index (κ2) is 4.52. The number of aromatic nitrogens is 2. The third-order valence-electron chi connectivity index (χ3n) is 1.84. The second-order valence-corrected chi connectivity index (χ2v) is 3.73. The van der Waals surface area contributed by atoms with Crippen molar-refractivity contribution in [1.29, 1.82) is 0 Å². The lowest BCUT2D eigenvalue weighted by Gasteiger charge is -2.07. The molecule has 0 aliphatic rings. The number of nitrogens with zero attached hydrogens (tertiary/aromatic N) is 2. The van der Waals surface area contributed by atoms with E-state index in [4.69, 9.17) is 0 Å². The maximum atomic E-state index is 4.14. The lowest BCUT2D eigenvalue weighted by molar-refractivity contribution is 0.568. The van der Waals surface area contributed by atoms with Gasteiger partial charge in [0.15, 0.2) is 0 Å². The van der Waals surface area contributed by atoms with Gasteiger partial charge in [0.25, 0.3) is 0 Å². The van der Waals surface area contributed by atoms with Crippen LogP contribution in [0.25, 0.3) is 0 Å². The second-order valence-electron chi connectivity index (χ2n) is 2.64. The van der Waals surface area contributed by atoms with Gasteiger partial charge in [-0.3, -0.25) is 0 Å². The molecule has 12 heavy (non-hydrogen) atoms. The van der Waals surface area contributed by atoms with Crippen molar-refractivity contribution >= 4 is 11.3 Å². The molecule has 0 amide bonds. The van der Waals surface area contributed by atoms with Gasteiger partial charge in [-0.15, -0.1) is 10.2 Å². The van der Waals surface area contributed by atoms with Gasteiger partial charge in [0.1, 0.15) is 10.0 Å². The maximum Gasteiger partial charge on any atom is 0.134 e. The summed E-state index contributed by atoms with van der Waals surface area (Å²) in [5, 5.41) is 13.7. The van der Waals surface area contributed by atoms with Crippen molar-refractivity contribution in [1.82, 2.24) is 15.5 Å². The standard InChI is InChI=1S/C8H15N3S/c1-4-6(9-3)8-11-10-7(5-2)12-8/h6,9H,4-5H2,1-3H3. The number of aryl methyl sites for hydroxylation is 1. The fourth-order valence-electron chi connectivity index (χ4n) is 1.05. The Labute approximate surface area is 77.2 Å². The van der Waals surface area contributed by atoms with Crippen LogP contribution in [0.2, 0.25) is 0 Å². The van der Waals surface area contributed by atoms with Gasteiger partial charge < -0.3 is 5.32 Å². The van der Waals surface area contributed by atoms with E-state index in [9.17, 15) is 0 Å². The Kier molecular flexibility index (Phi) is 3.62. The van der Waals surface area contributed by atoms with Crippen molar-refractivity contribution in [3.63, 3.8) is 0 Å². The van der Waals surface area contributed by atoms with Crippen LogP contribution in [-0.2, 0) is 6.42 Å². The van der Waals surface area contributed by atoms with E-state index in [2.05, 4.69) is 29.4 Å². The molecule has 0 fully saturated rings. The molecule has 68 valence electrons. The van der Waals surface area contributed by atoms with Crippen LogP contribution in [0.1, 0.15) is 36.3 Å². The first kappa shape index (κ1) is 9.61. The highest BCUT2D eigenvalue weighted by molar-refractivity contribution is 7.11. The lowest BCUT2D eigenvalue weighted by atomic mass is 10.2. The quantitative estimate of drug-likeness (QED) is 0.777. The summed E-state index contributed by atoms with van der Waals surface area (Å²) in [7, 11) is 1.96. The van der Waals surface area contributed by atoms with Crippen molar-refractivity contribution in [3.05, 3.63) is 10.0 Å². The molecule has 0 spiro atoms. The first-order valence-corrected chi connectivity index (χ1v) is 5.13. The fraction of sp³-hybridized carbons (Fsp3) is 0.750. The van der Waals surface area contributed by atoms with E-state index in [0.717, 1.165) is 22.9 Å². The summed E-state index contributed by atoms with van der Waals surface area (Å²) in [4.78, 5) is 0. The van der Waals surface area contributed by atoms with E-state index < -0.39 is 0 Å². The van der Waals surface area contributed by atoms with Crippen LogP contribution in [0.3, 0.4) is 0 Å². The molecular formula is C8H15N3S. The average molecular weight is 185 g/mol. The van der Waals surface area contributed by atoms with Gasteiger partial charge in [-0.05, 0) is 19.9 Å². The largest absolute Gasteiger partial charge is 0.311 e. The zero-order valence-corrected chi connectivity index (χ0v) is 8.61. The van der Waals surface area contributed by atoms with Gasteiger partial charge in [-0.1, -0.05) is 25.2 Å². The summed E-state index contributed by atoms with van der Waals surface area (Å²) >= 11 is 1.71. The molecule has 1 heterocycles. The molecule has 4 heteroatoms. The molecule has 0 aliphatic heterocycles. The van der Waals surface area contributed by atoms with E-state index in [-0.39, 0.29) is 0 Å². The molecule has 1 unspecified atom stereocenters. The summed E-state index contributed by atoms with van der Waals surface area (Å²) in [5.41, 5.74) is 0. The lowest BCUT2D eigenvalue weighted by Crippen LogP contribution is -2.14. The van der Waals surface area contributed by atoms with Crippen LogP contribution in [0, 0.1) is 0 Å². The Morgan fingerprint density at radius 1 is 1.42 bits per heavy atom.